The third-order valence-electron chi connectivity index (χ3n) is 0.779. The monoisotopic (exact) mass is 150 g/mol. The van der Waals surface area contributed by atoms with Crippen molar-refractivity contribution < 1.29 is 30.3 Å². The first-order valence-electron chi connectivity index (χ1n) is 2.32. The van der Waals surface area contributed by atoms with E-state index in [-0.39, 0.29) is 0 Å². The summed E-state index contributed by atoms with van der Waals surface area (Å²) in [5.74, 6) is -1.85. The highest BCUT2D eigenvalue weighted by molar-refractivity contribution is 5.70. The van der Waals surface area contributed by atoms with E-state index in [2.05, 4.69) is 4.89 Å². The van der Waals surface area contributed by atoms with Gasteiger partial charge in [-0.1, -0.05) is 0 Å². The number of carboxylic acid groups (broad SMARTS) is 1. The van der Waals surface area contributed by atoms with Gasteiger partial charge in [-0.3, -0.25) is 0 Å². The first-order chi connectivity index (χ1) is 4.59. The van der Waals surface area contributed by atoms with Gasteiger partial charge in [0.2, 0.25) is 0 Å². The second-order valence-corrected chi connectivity index (χ2v) is 1.51. The highest BCUT2D eigenvalue weighted by Gasteiger charge is 2.11. The molecule has 0 aliphatic rings. The molecule has 6 heteroatoms. The Labute approximate surface area is 56.2 Å². The number of aliphatic hydroxyl groups excluding tert-OH is 2. The molecule has 0 aromatic rings. The van der Waals surface area contributed by atoms with Gasteiger partial charge in [-0.25, -0.2) is 0 Å². The number of carbonyl (C=O) groups is 1. The van der Waals surface area contributed by atoms with E-state index in [4.69, 9.17) is 10.2 Å². The number of rotatable bonds is 4. The minimum Gasteiger partial charge on any atom is -0.586 e. The standard InChI is InChI=1S/C4H7O6/c5-2(1-10-9)3(6)4(7)8/h1-3,5-6,10H,(H,7,8)/q-1/p-1/t2-,3+/m0/s1. The minimum atomic E-state index is -2.10. The summed E-state index contributed by atoms with van der Waals surface area (Å²) in [4.78, 5) is 11.8. The van der Waals surface area contributed by atoms with E-state index in [9.17, 15) is 15.2 Å². The van der Waals surface area contributed by atoms with Gasteiger partial charge in [-0.15, -0.1) is 0 Å². The lowest BCUT2D eigenvalue weighted by Crippen LogP contribution is -2.44. The zero-order chi connectivity index (χ0) is 8.15. The Kier molecular flexibility index (Phi) is 3.89. The van der Waals surface area contributed by atoms with Crippen molar-refractivity contribution in [2.24, 2.45) is 0 Å². The molecule has 0 radical (unpaired) electrons. The molecule has 0 aromatic carbocycles. The Hall–Kier alpha value is -0.690. The average Bonchev–Trinajstić information content (AvgIpc) is 1.87. The molecule has 0 unspecified atom stereocenters. The molecule has 0 aliphatic carbocycles. The van der Waals surface area contributed by atoms with E-state index in [0.29, 0.717) is 6.61 Å². The van der Waals surface area contributed by atoms with Crippen molar-refractivity contribution in [3.8, 4) is 0 Å². The van der Waals surface area contributed by atoms with E-state index >= 15 is 0 Å². The van der Waals surface area contributed by atoms with Gasteiger partial charge in [0.15, 0.2) is 0 Å². The third kappa shape index (κ3) is 2.74. The van der Waals surface area contributed by atoms with Crippen molar-refractivity contribution in [2.45, 2.75) is 12.2 Å². The van der Waals surface area contributed by atoms with Crippen LogP contribution in [-0.2, 0) is 4.79 Å². The number of carbonyl (C=O) groups excluding carboxylic acids is 1. The van der Waals surface area contributed by atoms with Crippen LogP contribution < -0.4 is 10.4 Å². The van der Waals surface area contributed by atoms with Crippen molar-refractivity contribution in [3.63, 3.8) is 0 Å². The SMILES string of the molecule is O=C([O-])[C@H](O)[C@@H](O)[CH-][OH+][O-]. The van der Waals surface area contributed by atoms with E-state index in [0.717, 1.165) is 0 Å². The van der Waals surface area contributed by atoms with Crippen LogP contribution >= 0.6 is 0 Å². The summed E-state index contributed by atoms with van der Waals surface area (Å²) < 4.78 is 0. The molecule has 0 heterocycles. The van der Waals surface area contributed by atoms with Gasteiger partial charge in [0, 0.05) is 6.10 Å². The molecule has 60 valence electrons. The van der Waals surface area contributed by atoms with E-state index in [1.54, 1.807) is 0 Å². The Balaban J connectivity index is 3.69. The lowest BCUT2D eigenvalue weighted by Gasteiger charge is -2.23. The molecular formula is C4H6O6-2. The van der Waals surface area contributed by atoms with Gasteiger partial charge < -0.3 is 30.3 Å². The summed E-state index contributed by atoms with van der Waals surface area (Å²) in [7, 11) is 0. The van der Waals surface area contributed by atoms with Crippen molar-refractivity contribution in [2.75, 3.05) is 0 Å². The van der Waals surface area contributed by atoms with Crippen molar-refractivity contribution >= 4 is 5.97 Å². The van der Waals surface area contributed by atoms with Gasteiger partial charge in [0.05, 0.1) is 12.1 Å². The molecule has 0 rings (SSSR count). The van der Waals surface area contributed by atoms with Crippen molar-refractivity contribution in [1.29, 1.82) is 0 Å². The zero-order valence-corrected chi connectivity index (χ0v) is 4.80. The Morgan fingerprint density at radius 1 is 1.60 bits per heavy atom. The normalized spacial score (nSPS) is 16.3. The second-order valence-electron chi connectivity index (χ2n) is 1.51. The Morgan fingerprint density at radius 2 is 2.10 bits per heavy atom. The third-order valence-corrected chi connectivity index (χ3v) is 0.779. The minimum absolute atomic E-state index is 0.362. The van der Waals surface area contributed by atoms with Crippen LogP contribution in [0, 0.1) is 6.61 Å². The van der Waals surface area contributed by atoms with Crippen LogP contribution in [0.3, 0.4) is 0 Å². The number of aliphatic hydroxyl groups is 3. The van der Waals surface area contributed by atoms with Gasteiger partial charge >= 0.3 is 0 Å². The van der Waals surface area contributed by atoms with Crippen LogP contribution in [0.5, 0.6) is 0 Å². The highest BCUT2D eigenvalue weighted by Crippen LogP contribution is 1.93. The molecule has 3 N–H and O–H groups in total. The maximum absolute atomic E-state index is 9.73. The Morgan fingerprint density at radius 3 is 2.40 bits per heavy atom. The predicted octanol–water partition coefficient (Wildman–Crippen LogP) is -4.01. The van der Waals surface area contributed by atoms with Crippen LogP contribution in [0.4, 0.5) is 0 Å². The zero-order valence-electron chi connectivity index (χ0n) is 4.80. The lowest BCUT2D eigenvalue weighted by molar-refractivity contribution is -0.763. The molecule has 0 saturated heterocycles. The van der Waals surface area contributed by atoms with Crippen LogP contribution in [0.15, 0.2) is 0 Å². The molecule has 0 fully saturated rings. The van der Waals surface area contributed by atoms with Crippen LogP contribution in [0.1, 0.15) is 0 Å². The second kappa shape index (κ2) is 4.18. The molecule has 2 atom stereocenters. The topological polar surface area (TPSA) is 116 Å². The van der Waals surface area contributed by atoms with Crippen molar-refractivity contribution in [1.82, 2.24) is 0 Å². The van der Waals surface area contributed by atoms with E-state index in [1.807, 2.05) is 0 Å². The largest absolute Gasteiger partial charge is 0.586 e. The summed E-state index contributed by atoms with van der Waals surface area (Å²) >= 11 is 0. The quantitative estimate of drug-likeness (QED) is 0.183. The first kappa shape index (κ1) is 9.31. The molecule has 0 amide bonds. The number of hydrogen-bond acceptors (Lipinski definition) is 5. The number of aliphatic carboxylic acids is 1. The first-order valence-corrected chi connectivity index (χ1v) is 2.32. The maximum Gasteiger partial charge on any atom is 0.0978 e. The fraction of sp³-hybridized carbons (Fsp3) is 0.500. The molecule has 0 aromatic heterocycles. The number of carboxylic acids is 1. The van der Waals surface area contributed by atoms with Crippen LogP contribution in [0.2, 0.25) is 0 Å². The summed E-state index contributed by atoms with van der Waals surface area (Å²) in [5.41, 5.74) is 0. The predicted molar refractivity (Wildman–Crippen MR) is 23.9 cm³/mol. The van der Waals surface area contributed by atoms with Gasteiger partial charge in [0.1, 0.15) is 0 Å². The van der Waals surface area contributed by atoms with Crippen LogP contribution in [-0.4, -0.2) is 33.3 Å². The fourth-order valence-corrected chi connectivity index (χ4v) is 0.283. The summed E-state index contributed by atoms with van der Waals surface area (Å²) in [6, 6.07) is 0. The van der Waals surface area contributed by atoms with Gasteiger partial charge in [0.25, 0.3) is 0 Å². The van der Waals surface area contributed by atoms with E-state index < -0.39 is 18.2 Å². The molecule has 0 spiro atoms. The molecule has 0 saturated carbocycles. The van der Waals surface area contributed by atoms with Crippen molar-refractivity contribution in [3.05, 3.63) is 6.61 Å². The number of hydrogen-bond donors (Lipinski definition) is 2. The molecular weight excluding hydrogens is 144 g/mol. The van der Waals surface area contributed by atoms with Gasteiger partial charge in [-0.05, 0) is 6.61 Å². The van der Waals surface area contributed by atoms with Crippen LogP contribution in [0.25, 0.3) is 0 Å². The summed E-state index contributed by atoms with van der Waals surface area (Å²) in [6.07, 6.45) is -3.90. The van der Waals surface area contributed by atoms with E-state index in [1.165, 1.54) is 0 Å². The highest BCUT2D eigenvalue weighted by atomic mass is 17.1. The molecule has 10 heavy (non-hydrogen) atoms. The summed E-state index contributed by atoms with van der Waals surface area (Å²) in [6.45, 7) is 0.362. The molecule has 0 aliphatic heterocycles. The maximum atomic E-state index is 9.73. The Bertz CT molecular complexity index is 112. The van der Waals surface area contributed by atoms with Gasteiger partial charge in [-0.2, -0.15) is 0 Å². The molecule has 6 nitrogen and oxygen atoms in total. The fourth-order valence-electron chi connectivity index (χ4n) is 0.283. The molecule has 0 bridgehead atoms. The smallest absolute Gasteiger partial charge is 0.0978 e. The summed E-state index contributed by atoms with van der Waals surface area (Å²) in [5, 5.41) is 35.9. The lowest BCUT2D eigenvalue weighted by atomic mass is 10.2. The average molecular weight is 150 g/mol.